The Morgan fingerprint density at radius 3 is 2.55 bits per heavy atom. The molecule has 116 valence electrons. The van der Waals surface area contributed by atoms with Crippen LogP contribution >= 0.6 is 0 Å². The number of carbonyl (C=O) groups is 1. The lowest BCUT2D eigenvalue weighted by atomic mass is 9.86. The molecule has 2 N–H and O–H groups in total. The first-order valence-corrected chi connectivity index (χ1v) is 7.91. The van der Waals surface area contributed by atoms with Crippen LogP contribution < -0.4 is 5.32 Å². The molecule has 4 nitrogen and oxygen atoms in total. The van der Waals surface area contributed by atoms with Gasteiger partial charge in [-0.15, -0.1) is 0 Å². The Morgan fingerprint density at radius 2 is 1.86 bits per heavy atom. The molecule has 0 amide bonds. The summed E-state index contributed by atoms with van der Waals surface area (Å²) >= 11 is 0. The highest BCUT2D eigenvalue weighted by atomic mass is 16.4. The van der Waals surface area contributed by atoms with Crippen LogP contribution in [0, 0.1) is 19.8 Å². The van der Waals surface area contributed by atoms with Gasteiger partial charge in [0.1, 0.15) is 0 Å². The summed E-state index contributed by atoms with van der Waals surface area (Å²) in [4.78, 5) is 15.7. The number of hydrogen-bond donors (Lipinski definition) is 2. The van der Waals surface area contributed by atoms with E-state index in [-0.39, 0.29) is 5.92 Å². The number of nitrogens with one attached hydrogen (secondary N) is 1. The average Bonchev–Trinajstić information content (AvgIpc) is 2.52. The van der Waals surface area contributed by atoms with Gasteiger partial charge in [0.15, 0.2) is 0 Å². The lowest BCUT2D eigenvalue weighted by molar-refractivity contribution is -0.142. The molecule has 0 bridgehead atoms. The Hall–Kier alpha value is -2.10. The van der Waals surface area contributed by atoms with Gasteiger partial charge in [-0.1, -0.05) is 18.2 Å². The van der Waals surface area contributed by atoms with Crippen LogP contribution in [0.1, 0.15) is 36.9 Å². The van der Waals surface area contributed by atoms with E-state index in [1.165, 1.54) is 5.56 Å². The topological polar surface area (TPSA) is 62.2 Å². The maximum atomic E-state index is 11.1. The van der Waals surface area contributed by atoms with Crippen LogP contribution in [-0.4, -0.2) is 22.1 Å². The number of pyridine rings is 1. The zero-order valence-electron chi connectivity index (χ0n) is 13.1. The normalized spacial score (nSPS) is 21.7. The van der Waals surface area contributed by atoms with E-state index >= 15 is 0 Å². The Morgan fingerprint density at radius 1 is 1.18 bits per heavy atom. The number of rotatable bonds is 3. The van der Waals surface area contributed by atoms with Crippen molar-refractivity contribution in [1.82, 2.24) is 4.98 Å². The predicted molar refractivity (Wildman–Crippen MR) is 88.2 cm³/mol. The highest BCUT2D eigenvalue weighted by Gasteiger charge is 2.26. The van der Waals surface area contributed by atoms with E-state index in [9.17, 15) is 4.79 Å². The second kappa shape index (κ2) is 5.95. The maximum Gasteiger partial charge on any atom is 0.306 e. The Kier molecular flexibility index (Phi) is 4.01. The molecule has 0 radical (unpaired) electrons. The Labute approximate surface area is 130 Å². The minimum absolute atomic E-state index is 0.171. The second-order valence-electron chi connectivity index (χ2n) is 6.25. The fourth-order valence-corrected chi connectivity index (χ4v) is 3.30. The molecule has 1 saturated carbocycles. The largest absolute Gasteiger partial charge is 0.481 e. The molecule has 4 heteroatoms. The van der Waals surface area contributed by atoms with E-state index in [0.29, 0.717) is 6.04 Å². The summed E-state index contributed by atoms with van der Waals surface area (Å²) in [6.45, 7) is 4.13. The molecule has 0 aliphatic heterocycles. The van der Waals surface area contributed by atoms with Crippen molar-refractivity contribution in [3.05, 3.63) is 35.5 Å². The van der Waals surface area contributed by atoms with Crippen molar-refractivity contribution in [1.29, 1.82) is 0 Å². The van der Waals surface area contributed by atoms with Crippen LogP contribution in [0.4, 0.5) is 5.69 Å². The van der Waals surface area contributed by atoms with Gasteiger partial charge in [0.2, 0.25) is 0 Å². The number of carboxylic acids is 1. The molecule has 1 heterocycles. The monoisotopic (exact) mass is 298 g/mol. The lowest BCUT2D eigenvalue weighted by Crippen LogP contribution is -2.29. The molecule has 1 aromatic heterocycles. The predicted octanol–water partition coefficient (Wildman–Crippen LogP) is 3.91. The van der Waals surface area contributed by atoms with Crippen LogP contribution in [-0.2, 0) is 4.79 Å². The summed E-state index contributed by atoms with van der Waals surface area (Å²) in [5, 5.41) is 13.9. The van der Waals surface area contributed by atoms with Gasteiger partial charge in [-0.05, 0) is 51.2 Å². The average molecular weight is 298 g/mol. The summed E-state index contributed by atoms with van der Waals surface area (Å²) in [6, 6.07) is 8.52. The van der Waals surface area contributed by atoms with Crippen LogP contribution in [0.15, 0.2) is 24.3 Å². The van der Waals surface area contributed by atoms with Gasteiger partial charge in [0.05, 0.1) is 11.4 Å². The van der Waals surface area contributed by atoms with Gasteiger partial charge in [0.25, 0.3) is 0 Å². The molecule has 22 heavy (non-hydrogen) atoms. The van der Waals surface area contributed by atoms with Gasteiger partial charge >= 0.3 is 5.97 Å². The van der Waals surface area contributed by atoms with Crippen LogP contribution in [0.3, 0.4) is 0 Å². The zero-order valence-corrected chi connectivity index (χ0v) is 13.1. The highest BCUT2D eigenvalue weighted by molar-refractivity contribution is 5.93. The minimum Gasteiger partial charge on any atom is -0.481 e. The van der Waals surface area contributed by atoms with Gasteiger partial charge in [0, 0.05) is 22.8 Å². The van der Waals surface area contributed by atoms with E-state index in [4.69, 9.17) is 5.11 Å². The standard InChI is InChI=1S/C18H22N2O2/c1-11-12(2)19-16-6-4-3-5-15(16)17(11)20-14-9-7-13(8-10-14)18(21)22/h3-6,13-14H,7-10H2,1-2H3,(H,19,20)(H,21,22). The quantitative estimate of drug-likeness (QED) is 0.902. The number of carboxylic acid groups (broad SMARTS) is 1. The van der Waals surface area contributed by atoms with Crippen LogP contribution in [0.2, 0.25) is 0 Å². The zero-order chi connectivity index (χ0) is 15.7. The number of aliphatic carboxylic acids is 1. The lowest BCUT2D eigenvalue weighted by Gasteiger charge is -2.29. The van der Waals surface area contributed by atoms with Crippen molar-refractivity contribution >= 4 is 22.6 Å². The van der Waals surface area contributed by atoms with Gasteiger partial charge in [-0.25, -0.2) is 0 Å². The molecule has 1 aliphatic carbocycles. The van der Waals surface area contributed by atoms with Crippen molar-refractivity contribution in [2.75, 3.05) is 5.32 Å². The van der Waals surface area contributed by atoms with E-state index in [0.717, 1.165) is 48.0 Å². The third-order valence-corrected chi connectivity index (χ3v) is 4.80. The molecule has 1 fully saturated rings. The maximum absolute atomic E-state index is 11.1. The Bertz CT molecular complexity index is 704. The third kappa shape index (κ3) is 2.78. The van der Waals surface area contributed by atoms with Crippen molar-refractivity contribution in [2.24, 2.45) is 5.92 Å². The molecule has 1 aromatic carbocycles. The van der Waals surface area contributed by atoms with E-state index in [1.807, 2.05) is 25.1 Å². The number of para-hydroxylation sites is 1. The summed E-state index contributed by atoms with van der Waals surface area (Å²) in [6.07, 6.45) is 3.33. The minimum atomic E-state index is -0.653. The molecular weight excluding hydrogens is 276 g/mol. The van der Waals surface area contributed by atoms with Gasteiger partial charge in [-0.2, -0.15) is 0 Å². The van der Waals surface area contributed by atoms with Gasteiger partial charge < -0.3 is 10.4 Å². The number of benzene rings is 1. The summed E-state index contributed by atoms with van der Waals surface area (Å²) in [5.74, 6) is -0.824. The highest BCUT2D eigenvalue weighted by Crippen LogP contribution is 2.32. The van der Waals surface area contributed by atoms with Crippen molar-refractivity contribution in [3.8, 4) is 0 Å². The number of hydrogen-bond acceptors (Lipinski definition) is 3. The molecule has 1 aliphatic rings. The second-order valence-corrected chi connectivity index (χ2v) is 6.25. The van der Waals surface area contributed by atoms with E-state index < -0.39 is 5.97 Å². The summed E-state index contributed by atoms with van der Waals surface area (Å²) < 4.78 is 0. The number of fused-ring (bicyclic) bond motifs is 1. The first-order valence-electron chi connectivity index (χ1n) is 7.91. The van der Waals surface area contributed by atoms with Crippen LogP contribution in [0.5, 0.6) is 0 Å². The van der Waals surface area contributed by atoms with E-state index in [2.05, 4.69) is 23.3 Å². The molecule has 0 saturated heterocycles. The molecule has 0 atom stereocenters. The molecule has 2 aromatic rings. The van der Waals surface area contributed by atoms with Gasteiger partial charge in [-0.3, -0.25) is 9.78 Å². The molecule has 3 rings (SSSR count). The Balaban J connectivity index is 1.85. The van der Waals surface area contributed by atoms with Crippen molar-refractivity contribution in [2.45, 2.75) is 45.6 Å². The molecule has 0 unspecified atom stereocenters. The fourth-order valence-electron chi connectivity index (χ4n) is 3.30. The number of aryl methyl sites for hydroxylation is 1. The van der Waals surface area contributed by atoms with Crippen molar-refractivity contribution in [3.63, 3.8) is 0 Å². The third-order valence-electron chi connectivity index (χ3n) is 4.80. The van der Waals surface area contributed by atoms with Crippen LogP contribution in [0.25, 0.3) is 10.9 Å². The first kappa shape index (κ1) is 14.8. The fraction of sp³-hybridized carbons (Fsp3) is 0.444. The first-order chi connectivity index (χ1) is 10.6. The SMILES string of the molecule is Cc1nc2ccccc2c(NC2CCC(C(=O)O)CC2)c1C. The number of nitrogens with zero attached hydrogens (tertiary/aromatic N) is 1. The van der Waals surface area contributed by atoms with E-state index in [1.54, 1.807) is 0 Å². The summed E-state index contributed by atoms with van der Waals surface area (Å²) in [7, 11) is 0. The number of aromatic nitrogens is 1. The molecular formula is C18H22N2O2. The molecule has 0 spiro atoms. The smallest absolute Gasteiger partial charge is 0.306 e. The number of anilines is 1. The summed E-state index contributed by atoms with van der Waals surface area (Å²) in [5.41, 5.74) is 4.38. The van der Waals surface area contributed by atoms with Crippen molar-refractivity contribution < 1.29 is 9.90 Å².